The average molecular weight is 170 g/mol. The normalized spacial score (nSPS) is 26.0. The predicted molar refractivity (Wildman–Crippen MR) is 44.7 cm³/mol. The summed E-state index contributed by atoms with van der Waals surface area (Å²) in [6, 6.07) is 0. The third kappa shape index (κ3) is 2.43. The lowest BCUT2D eigenvalue weighted by atomic mass is 9.98. The van der Waals surface area contributed by atoms with Gasteiger partial charge in [-0.1, -0.05) is 13.5 Å². The molecular weight excluding hydrogens is 156 g/mol. The van der Waals surface area contributed by atoms with Gasteiger partial charge < -0.3 is 9.84 Å². The van der Waals surface area contributed by atoms with Crippen molar-refractivity contribution in [2.45, 2.75) is 25.6 Å². The van der Waals surface area contributed by atoms with E-state index >= 15 is 0 Å². The molecule has 0 aromatic carbocycles. The Morgan fingerprint density at radius 3 is 2.92 bits per heavy atom. The molecule has 0 aliphatic carbocycles. The largest absolute Gasteiger partial charge is 0.385 e. The minimum absolute atomic E-state index is 0.247. The standard InChI is InChI=1S/C9H14O3/c1-3-7(10)8(11)4-6(2)9-5-12-9/h3,6,8-9,11H,1,4-5H2,2H3. The van der Waals surface area contributed by atoms with Crippen molar-refractivity contribution in [2.75, 3.05) is 6.61 Å². The molecule has 3 atom stereocenters. The highest BCUT2D eigenvalue weighted by Gasteiger charge is 2.31. The van der Waals surface area contributed by atoms with E-state index in [4.69, 9.17) is 4.74 Å². The molecule has 3 heteroatoms. The smallest absolute Gasteiger partial charge is 0.183 e. The van der Waals surface area contributed by atoms with E-state index in [0.717, 1.165) is 12.7 Å². The van der Waals surface area contributed by atoms with Crippen molar-refractivity contribution >= 4 is 5.78 Å². The summed E-state index contributed by atoms with van der Waals surface area (Å²) in [5.74, 6) is -0.0496. The van der Waals surface area contributed by atoms with E-state index in [1.54, 1.807) is 0 Å². The highest BCUT2D eigenvalue weighted by atomic mass is 16.6. The molecule has 0 amide bonds. The van der Waals surface area contributed by atoms with Crippen molar-refractivity contribution in [3.63, 3.8) is 0 Å². The number of aliphatic hydroxyl groups excluding tert-OH is 1. The second-order valence-electron chi connectivity index (χ2n) is 3.21. The van der Waals surface area contributed by atoms with Gasteiger partial charge in [0, 0.05) is 0 Å². The van der Waals surface area contributed by atoms with Gasteiger partial charge in [-0.15, -0.1) is 0 Å². The fourth-order valence-corrected chi connectivity index (χ4v) is 1.14. The van der Waals surface area contributed by atoms with Crippen LogP contribution in [0.5, 0.6) is 0 Å². The van der Waals surface area contributed by atoms with Gasteiger partial charge in [0.1, 0.15) is 6.10 Å². The lowest BCUT2D eigenvalue weighted by Crippen LogP contribution is -2.22. The second kappa shape index (κ2) is 3.83. The topological polar surface area (TPSA) is 49.8 Å². The number of ether oxygens (including phenoxy) is 1. The molecule has 1 rings (SSSR count). The highest BCUT2D eigenvalue weighted by molar-refractivity contribution is 5.92. The quantitative estimate of drug-likeness (QED) is 0.483. The maximum atomic E-state index is 10.9. The third-order valence-corrected chi connectivity index (χ3v) is 2.12. The van der Waals surface area contributed by atoms with E-state index in [2.05, 4.69) is 6.58 Å². The van der Waals surface area contributed by atoms with Crippen LogP contribution in [0.15, 0.2) is 12.7 Å². The van der Waals surface area contributed by atoms with Gasteiger partial charge >= 0.3 is 0 Å². The van der Waals surface area contributed by atoms with Crippen molar-refractivity contribution in [1.29, 1.82) is 0 Å². The van der Waals surface area contributed by atoms with Gasteiger partial charge in [-0.05, 0) is 18.4 Å². The van der Waals surface area contributed by atoms with E-state index in [0.29, 0.717) is 6.42 Å². The summed E-state index contributed by atoms with van der Waals surface area (Å²) in [7, 11) is 0. The van der Waals surface area contributed by atoms with Gasteiger partial charge in [0.25, 0.3) is 0 Å². The molecule has 0 spiro atoms. The maximum Gasteiger partial charge on any atom is 0.183 e. The minimum atomic E-state index is -0.901. The summed E-state index contributed by atoms with van der Waals surface area (Å²) in [5, 5.41) is 9.29. The lowest BCUT2D eigenvalue weighted by Gasteiger charge is -2.11. The summed E-state index contributed by atoms with van der Waals surface area (Å²) in [4.78, 5) is 10.9. The van der Waals surface area contributed by atoms with Crippen LogP contribution < -0.4 is 0 Å². The maximum absolute atomic E-state index is 10.9. The van der Waals surface area contributed by atoms with Crippen LogP contribution in [0.25, 0.3) is 0 Å². The van der Waals surface area contributed by atoms with Crippen LogP contribution in [0.3, 0.4) is 0 Å². The van der Waals surface area contributed by atoms with E-state index < -0.39 is 6.10 Å². The van der Waals surface area contributed by atoms with Crippen LogP contribution in [-0.4, -0.2) is 29.7 Å². The summed E-state index contributed by atoms with van der Waals surface area (Å²) in [5.41, 5.74) is 0. The fraction of sp³-hybridized carbons (Fsp3) is 0.667. The van der Waals surface area contributed by atoms with Crippen molar-refractivity contribution in [3.8, 4) is 0 Å². The molecule has 1 saturated heterocycles. The molecule has 3 nitrogen and oxygen atoms in total. The van der Waals surface area contributed by atoms with Gasteiger partial charge in [0.05, 0.1) is 12.7 Å². The molecule has 0 aromatic heterocycles. The van der Waals surface area contributed by atoms with Gasteiger partial charge in [0.2, 0.25) is 0 Å². The van der Waals surface area contributed by atoms with Crippen LogP contribution in [0.4, 0.5) is 0 Å². The number of hydrogen-bond acceptors (Lipinski definition) is 3. The zero-order valence-corrected chi connectivity index (χ0v) is 7.19. The molecule has 1 N–H and O–H groups in total. The first-order valence-electron chi connectivity index (χ1n) is 4.11. The molecule has 68 valence electrons. The highest BCUT2D eigenvalue weighted by Crippen LogP contribution is 2.23. The number of ketones is 1. The molecule has 0 bridgehead atoms. The number of carbonyl (C=O) groups is 1. The van der Waals surface area contributed by atoms with E-state index in [1.807, 2.05) is 6.92 Å². The molecule has 1 aliphatic rings. The molecule has 1 fully saturated rings. The van der Waals surface area contributed by atoms with Crippen molar-refractivity contribution in [3.05, 3.63) is 12.7 Å². The molecule has 12 heavy (non-hydrogen) atoms. The Bertz CT molecular complexity index is 184. The van der Waals surface area contributed by atoms with Crippen LogP contribution in [0, 0.1) is 5.92 Å². The van der Waals surface area contributed by atoms with Gasteiger partial charge in [-0.2, -0.15) is 0 Å². The molecule has 0 saturated carbocycles. The summed E-state index contributed by atoms with van der Waals surface area (Å²) in [6.45, 7) is 6.04. The van der Waals surface area contributed by atoms with Gasteiger partial charge in [-0.25, -0.2) is 0 Å². The minimum Gasteiger partial charge on any atom is -0.385 e. The van der Waals surface area contributed by atoms with Crippen LogP contribution in [-0.2, 0) is 9.53 Å². The van der Waals surface area contributed by atoms with Crippen molar-refractivity contribution in [1.82, 2.24) is 0 Å². The molecule has 3 unspecified atom stereocenters. The second-order valence-corrected chi connectivity index (χ2v) is 3.21. The number of rotatable bonds is 5. The predicted octanol–water partition coefficient (Wildman–Crippen LogP) is 0.527. The molecule has 0 aromatic rings. The van der Waals surface area contributed by atoms with Crippen molar-refractivity contribution < 1.29 is 14.6 Å². The summed E-state index contributed by atoms with van der Waals surface area (Å²) < 4.78 is 5.04. The van der Waals surface area contributed by atoms with Gasteiger partial charge in [0.15, 0.2) is 5.78 Å². The molecule has 1 aliphatic heterocycles. The fourth-order valence-electron chi connectivity index (χ4n) is 1.14. The summed E-state index contributed by atoms with van der Waals surface area (Å²) >= 11 is 0. The molecule has 1 heterocycles. The number of epoxide rings is 1. The Labute approximate surface area is 72.0 Å². The van der Waals surface area contributed by atoms with E-state index in [-0.39, 0.29) is 17.8 Å². The Morgan fingerprint density at radius 2 is 2.50 bits per heavy atom. The first-order chi connectivity index (χ1) is 5.65. The zero-order valence-electron chi connectivity index (χ0n) is 7.19. The Hall–Kier alpha value is -0.670. The Kier molecular flexibility index (Phi) is 3.00. The van der Waals surface area contributed by atoms with Crippen LogP contribution in [0.2, 0.25) is 0 Å². The Balaban J connectivity index is 2.28. The SMILES string of the molecule is C=CC(=O)C(O)CC(C)C1CO1. The number of carbonyl (C=O) groups excluding carboxylic acids is 1. The van der Waals surface area contributed by atoms with E-state index in [9.17, 15) is 9.90 Å². The first kappa shape index (κ1) is 9.42. The Morgan fingerprint density at radius 1 is 1.92 bits per heavy atom. The van der Waals surface area contributed by atoms with Gasteiger partial charge in [-0.3, -0.25) is 4.79 Å². The van der Waals surface area contributed by atoms with Crippen LogP contribution in [0.1, 0.15) is 13.3 Å². The lowest BCUT2D eigenvalue weighted by molar-refractivity contribution is -0.123. The molecule has 0 radical (unpaired) electrons. The van der Waals surface area contributed by atoms with Crippen LogP contribution >= 0.6 is 0 Å². The van der Waals surface area contributed by atoms with E-state index in [1.165, 1.54) is 0 Å². The summed E-state index contributed by atoms with van der Waals surface area (Å²) in [6.07, 6.45) is 0.972. The number of aliphatic hydroxyl groups is 1. The third-order valence-electron chi connectivity index (χ3n) is 2.12. The van der Waals surface area contributed by atoms with Crippen molar-refractivity contribution in [2.24, 2.45) is 5.92 Å². The first-order valence-corrected chi connectivity index (χ1v) is 4.11. The monoisotopic (exact) mass is 170 g/mol. The zero-order chi connectivity index (χ0) is 9.14. The molecular formula is C9H14O3. The number of hydrogen-bond donors (Lipinski definition) is 1. The average Bonchev–Trinajstić information content (AvgIpc) is 2.84.